The molecule has 0 saturated carbocycles. The third kappa shape index (κ3) is 4.18. The van der Waals surface area contributed by atoms with Crippen LogP contribution < -0.4 is 0 Å². The van der Waals surface area contributed by atoms with E-state index in [1.807, 2.05) is 6.92 Å². The van der Waals surface area contributed by atoms with Crippen LogP contribution in [0.2, 0.25) is 0 Å². The van der Waals surface area contributed by atoms with Gasteiger partial charge in [-0.1, -0.05) is 19.1 Å². The Hall–Kier alpha value is -0.330. The number of hydrogen-bond acceptors (Lipinski definition) is 2. The van der Waals surface area contributed by atoms with Gasteiger partial charge in [0, 0.05) is 12.3 Å². The monoisotopic (exact) mass is 174 g/mol. The number of allylic oxidation sites excluding steroid dienone is 1. The molecule has 0 heterocycles. The predicted octanol–water partition coefficient (Wildman–Crippen LogP) is 2.67. The Kier molecular flexibility index (Phi) is 5.18. The molecule has 0 aromatic carbocycles. The van der Waals surface area contributed by atoms with Gasteiger partial charge in [0.1, 0.15) is 0 Å². The SMILES string of the molecule is C=CCOP(=O)(CC)CC=C. The van der Waals surface area contributed by atoms with Crippen LogP contribution in [0.15, 0.2) is 25.3 Å². The van der Waals surface area contributed by atoms with Crippen LogP contribution in [0, 0.1) is 0 Å². The van der Waals surface area contributed by atoms with E-state index in [1.165, 1.54) is 0 Å². The van der Waals surface area contributed by atoms with Crippen LogP contribution >= 0.6 is 7.37 Å². The molecular formula is C8H15O2P. The molecule has 0 aliphatic heterocycles. The fourth-order valence-corrected chi connectivity index (χ4v) is 1.97. The van der Waals surface area contributed by atoms with E-state index >= 15 is 0 Å². The molecule has 0 aromatic rings. The van der Waals surface area contributed by atoms with Gasteiger partial charge < -0.3 is 4.52 Å². The molecule has 2 nitrogen and oxygen atoms in total. The van der Waals surface area contributed by atoms with Gasteiger partial charge >= 0.3 is 0 Å². The molecule has 0 saturated heterocycles. The maximum absolute atomic E-state index is 11.6. The highest BCUT2D eigenvalue weighted by atomic mass is 31.2. The molecule has 11 heavy (non-hydrogen) atoms. The average molecular weight is 174 g/mol. The summed E-state index contributed by atoms with van der Waals surface area (Å²) in [5, 5.41) is 0. The zero-order valence-electron chi connectivity index (χ0n) is 6.95. The molecule has 0 amide bonds. The quantitative estimate of drug-likeness (QED) is 0.457. The molecule has 0 bridgehead atoms. The summed E-state index contributed by atoms with van der Waals surface area (Å²) in [6, 6.07) is 0. The fraction of sp³-hybridized carbons (Fsp3) is 0.500. The van der Waals surface area contributed by atoms with Crippen LogP contribution in [0.3, 0.4) is 0 Å². The predicted molar refractivity (Wildman–Crippen MR) is 49.4 cm³/mol. The molecule has 0 N–H and O–H groups in total. The Morgan fingerprint density at radius 3 is 2.45 bits per heavy atom. The maximum atomic E-state index is 11.6. The molecule has 0 aliphatic rings. The molecule has 0 fully saturated rings. The highest BCUT2D eigenvalue weighted by Gasteiger charge is 2.16. The molecule has 0 aromatic heterocycles. The van der Waals surface area contributed by atoms with E-state index in [1.54, 1.807) is 12.2 Å². The lowest BCUT2D eigenvalue weighted by atomic mass is 10.7. The van der Waals surface area contributed by atoms with Crippen molar-refractivity contribution in [3.63, 3.8) is 0 Å². The first-order chi connectivity index (χ1) is 5.18. The summed E-state index contributed by atoms with van der Waals surface area (Å²) in [7, 11) is -2.41. The van der Waals surface area contributed by atoms with Gasteiger partial charge in [-0.15, -0.1) is 13.2 Å². The van der Waals surface area contributed by atoms with Crippen molar-refractivity contribution in [3.05, 3.63) is 25.3 Å². The zero-order chi connectivity index (χ0) is 8.74. The first kappa shape index (κ1) is 10.7. The minimum atomic E-state index is -2.41. The molecule has 1 unspecified atom stereocenters. The van der Waals surface area contributed by atoms with Crippen LogP contribution in [-0.2, 0) is 9.09 Å². The van der Waals surface area contributed by atoms with Gasteiger partial charge in [0.05, 0.1) is 6.61 Å². The Labute approximate surface area is 68.4 Å². The van der Waals surface area contributed by atoms with E-state index in [9.17, 15) is 4.57 Å². The summed E-state index contributed by atoms with van der Waals surface area (Å²) in [5.74, 6) is 0. The van der Waals surface area contributed by atoms with Crippen LogP contribution in [0.25, 0.3) is 0 Å². The van der Waals surface area contributed by atoms with E-state index in [-0.39, 0.29) is 0 Å². The van der Waals surface area contributed by atoms with Gasteiger partial charge in [0.2, 0.25) is 7.37 Å². The molecule has 0 spiro atoms. The van der Waals surface area contributed by atoms with E-state index in [2.05, 4.69) is 13.2 Å². The first-order valence-corrected chi connectivity index (χ1v) is 5.62. The van der Waals surface area contributed by atoms with Crippen molar-refractivity contribution in [1.29, 1.82) is 0 Å². The van der Waals surface area contributed by atoms with Crippen molar-refractivity contribution >= 4 is 7.37 Å². The van der Waals surface area contributed by atoms with Gasteiger partial charge in [-0.2, -0.15) is 0 Å². The summed E-state index contributed by atoms with van der Waals surface area (Å²) in [6.07, 6.45) is 4.25. The minimum absolute atomic E-state index is 0.360. The van der Waals surface area contributed by atoms with Crippen molar-refractivity contribution in [3.8, 4) is 0 Å². The van der Waals surface area contributed by atoms with Crippen molar-refractivity contribution < 1.29 is 9.09 Å². The Morgan fingerprint density at radius 1 is 1.45 bits per heavy atom. The standard InChI is InChI=1S/C8H15O2P/c1-4-7-10-11(9,6-3)8-5-2/h4-5H,1-2,6-8H2,3H3. The van der Waals surface area contributed by atoms with Crippen LogP contribution in [-0.4, -0.2) is 18.9 Å². The molecule has 0 rings (SSSR count). The van der Waals surface area contributed by atoms with E-state index in [4.69, 9.17) is 4.52 Å². The van der Waals surface area contributed by atoms with Gasteiger partial charge in [-0.25, -0.2) is 0 Å². The topological polar surface area (TPSA) is 26.3 Å². The van der Waals surface area contributed by atoms with Crippen molar-refractivity contribution in [1.82, 2.24) is 0 Å². The molecular weight excluding hydrogens is 159 g/mol. The largest absolute Gasteiger partial charge is 0.324 e. The molecule has 3 heteroatoms. The van der Waals surface area contributed by atoms with Gasteiger partial charge in [-0.3, -0.25) is 4.57 Å². The first-order valence-electron chi connectivity index (χ1n) is 3.63. The van der Waals surface area contributed by atoms with E-state index in [0.717, 1.165) is 0 Å². The summed E-state index contributed by atoms with van der Waals surface area (Å²) in [6.45, 7) is 9.22. The zero-order valence-corrected chi connectivity index (χ0v) is 7.85. The highest BCUT2D eigenvalue weighted by molar-refractivity contribution is 7.59. The third-order valence-corrected chi connectivity index (χ3v) is 3.71. The molecule has 0 aliphatic carbocycles. The molecule has 0 radical (unpaired) electrons. The van der Waals surface area contributed by atoms with Gasteiger partial charge in [0.25, 0.3) is 0 Å². The second-order valence-corrected chi connectivity index (χ2v) is 5.07. The number of hydrogen-bond donors (Lipinski definition) is 0. The van der Waals surface area contributed by atoms with Gasteiger partial charge in [-0.05, 0) is 0 Å². The summed E-state index contributed by atoms with van der Waals surface area (Å²) in [5.41, 5.74) is 0. The Bertz CT molecular complexity index is 175. The summed E-state index contributed by atoms with van der Waals surface area (Å²) < 4.78 is 16.7. The highest BCUT2D eigenvalue weighted by Crippen LogP contribution is 2.45. The second-order valence-electron chi connectivity index (χ2n) is 2.19. The normalized spacial score (nSPS) is 15.4. The Balaban J connectivity index is 3.98. The van der Waals surface area contributed by atoms with E-state index < -0.39 is 7.37 Å². The summed E-state index contributed by atoms with van der Waals surface area (Å²) in [4.78, 5) is 0. The van der Waals surface area contributed by atoms with E-state index in [0.29, 0.717) is 18.9 Å². The van der Waals surface area contributed by atoms with Crippen LogP contribution in [0.4, 0.5) is 0 Å². The van der Waals surface area contributed by atoms with Crippen molar-refractivity contribution in [2.75, 3.05) is 18.9 Å². The third-order valence-electron chi connectivity index (χ3n) is 1.32. The summed E-state index contributed by atoms with van der Waals surface area (Å²) >= 11 is 0. The molecule has 1 atom stereocenters. The van der Waals surface area contributed by atoms with Crippen LogP contribution in [0.5, 0.6) is 0 Å². The lowest BCUT2D eigenvalue weighted by molar-refractivity contribution is 0.355. The fourth-order valence-electron chi connectivity index (χ4n) is 0.658. The second kappa shape index (κ2) is 5.34. The lowest BCUT2D eigenvalue weighted by Crippen LogP contribution is -1.95. The lowest BCUT2D eigenvalue weighted by Gasteiger charge is -2.12. The minimum Gasteiger partial charge on any atom is -0.324 e. The molecule has 64 valence electrons. The Morgan fingerprint density at radius 2 is 2.09 bits per heavy atom. The van der Waals surface area contributed by atoms with Crippen LogP contribution in [0.1, 0.15) is 6.92 Å². The van der Waals surface area contributed by atoms with Crippen molar-refractivity contribution in [2.45, 2.75) is 6.92 Å². The number of rotatable bonds is 6. The van der Waals surface area contributed by atoms with Crippen molar-refractivity contribution in [2.24, 2.45) is 0 Å². The average Bonchev–Trinajstić information content (AvgIpc) is 2.02. The smallest absolute Gasteiger partial charge is 0.206 e. The maximum Gasteiger partial charge on any atom is 0.206 e. The van der Waals surface area contributed by atoms with Gasteiger partial charge in [0.15, 0.2) is 0 Å².